The van der Waals surface area contributed by atoms with Gasteiger partial charge in [-0.15, -0.1) is 11.3 Å². The van der Waals surface area contributed by atoms with Crippen LogP contribution in [0.5, 0.6) is 0 Å². The number of fused-ring (bicyclic) bond motifs is 1. The van der Waals surface area contributed by atoms with Crippen LogP contribution in [0, 0.1) is 0 Å². The Morgan fingerprint density at radius 3 is 3.00 bits per heavy atom. The number of hydrogen-bond donors (Lipinski definition) is 1. The van der Waals surface area contributed by atoms with Gasteiger partial charge in [0.2, 0.25) is 0 Å². The van der Waals surface area contributed by atoms with Crippen LogP contribution in [0.3, 0.4) is 0 Å². The topological polar surface area (TPSA) is 34.1 Å². The third-order valence-electron chi connectivity index (χ3n) is 3.51. The number of ether oxygens (including phenoxy) is 1. The van der Waals surface area contributed by atoms with Crippen molar-refractivity contribution in [1.29, 1.82) is 0 Å². The number of hydrogen-bond acceptors (Lipinski definition) is 4. The van der Waals surface area contributed by atoms with Crippen molar-refractivity contribution in [3.63, 3.8) is 0 Å². The van der Waals surface area contributed by atoms with E-state index < -0.39 is 0 Å². The van der Waals surface area contributed by atoms with Gasteiger partial charge in [0.25, 0.3) is 0 Å². The number of nitrogens with zero attached hydrogens (tertiary/aromatic N) is 1. The summed E-state index contributed by atoms with van der Waals surface area (Å²) >= 11 is 1.86. The minimum Gasteiger partial charge on any atom is -0.371 e. The van der Waals surface area contributed by atoms with E-state index in [0.717, 1.165) is 25.9 Å². The lowest BCUT2D eigenvalue weighted by Gasteiger charge is -2.20. The monoisotopic (exact) mass is 268 g/mol. The molecule has 1 aliphatic carbocycles. The SMILES string of the molecule is CCCC(OCC)c1nc2c(s1)C(NC)CCC2. The summed E-state index contributed by atoms with van der Waals surface area (Å²) in [5.41, 5.74) is 1.31. The maximum atomic E-state index is 5.84. The molecule has 0 saturated heterocycles. The summed E-state index contributed by atoms with van der Waals surface area (Å²) in [5.74, 6) is 0. The van der Waals surface area contributed by atoms with E-state index in [0.29, 0.717) is 6.04 Å². The Morgan fingerprint density at radius 1 is 1.50 bits per heavy atom. The van der Waals surface area contributed by atoms with Crippen LogP contribution in [0.4, 0.5) is 0 Å². The summed E-state index contributed by atoms with van der Waals surface area (Å²) in [5, 5.41) is 4.59. The molecule has 0 radical (unpaired) electrons. The van der Waals surface area contributed by atoms with Gasteiger partial charge < -0.3 is 10.1 Å². The van der Waals surface area contributed by atoms with Gasteiger partial charge in [-0.25, -0.2) is 4.98 Å². The fourth-order valence-corrected chi connectivity index (χ4v) is 3.94. The molecule has 0 aromatic carbocycles. The summed E-state index contributed by atoms with van der Waals surface area (Å²) in [6, 6.07) is 0.504. The predicted octanol–water partition coefficient (Wildman–Crippen LogP) is 3.62. The number of rotatable bonds is 6. The van der Waals surface area contributed by atoms with E-state index in [1.807, 2.05) is 18.4 Å². The summed E-state index contributed by atoms with van der Waals surface area (Å²) in [6.45, 7) is 5.03. The van der Waals surface area contributed by atoms with Crippen molar-refractivity contribution in [3.8, 4) is 0 Å². The van der Waals surface area contributed by atoms with Gasteiger partial charge in [-0.2, -0.15) is 0 Å². The molecule has 3 nitrogen and oxygen atoms in total. The van der Waals surface area contributed by atoms with Crippen molar-refractivity contribution in [2.45, 2.75) is 58.1 Å². The van der Waals surface area contributed by atoms with E-state index >= 15 is 0 Å². The molecule has 2 rings (SSSR count). The molecule has 0 fully saturated rings. The predicted molar refractivity (Wildman–Crippen MR) is 76.1 cm³/mol. The van der Waals surface area contributed by atoms with Crippen LogP contribution in [-0.2, 0) is 11.2 Å². The summed E-state index contributed by atoms with van der Waals surface area (Å²) in [6.07, 6.45) is 6.03. The fourth-order valence-electron chi connectivity index (χ4n) is 2.59. The lowest BCUT2D eigenvalue weighted by Crippen LogP contribution is -2.19. The van der Waals surface area contributed by atoms with Crippen LogP contribution >= 0.6 is 11.3 Å². The normalized spacial score (nSPS) is 20.7. The zero-order valence-corrected chi connectivity index (χ0v) is 12.5. The molecule has 2 atom stereocenters. The Bertz CT molecular complexity index is 372. The van der Waals surface area contributed by atoms with Crippen molar-refractivity contribution in [3.05, 3.63) is 15.6 Å². The van der Waals surface area contributed by atoms with Gasteiger partial charge in [-0.1, -0.05) is 13.3 Å². The lowest BCUT2D eigenvalue weighted by molar-refractivity contribution is 0.0554. The third kappa shape index (κ3) is 2.92. The highest BCUT2D eigenvalue weighted by molar-refractivity contribution is 7.11. The average molecular weight is 268 g/mol. The molecule has 1 heterocycles. The Balaban J connectivity index is 2.21. The summed E-state index contributed by atoms with van der Waals surface area (Å²) < 4.78 is 5.84. The van der Waals surface area contributed by atoms with Gasteiger partial charge in [0.1, 0.15) is 11.1 Å². The zero-order chi connectivity index (χ0) is 13.0. The first-order valence-electron chi connectivity index (χ1n) is 7.08. The van der Waals surface area contributed by atoms with E-state index in [4.69, 9.17) is 9.72 Å². The van der Waals surface area contributed by atoms with Crippen LogP contribution in [-0.4, -0.2) is 18.6 Å². The number of nitrogens with one attached hydrogen (secondary N) is 1. The Labute approximate surface area is 114 Å². The van der Waals surface area contributed by atoms with Crippen molar-refractivity contribution >= 4 is 11.3 Å². The van der Waals surface area contributed by atoms with Crippen LogP contribution in [0.2, 0.25) is 0 Å². The molecule has 0 bridgehead atoms. The summed E-state index contributed by atoms with van der Waals surface area (Å²) in [4.78, 5) is 6.28. The molecule has 0 amide bonds. The molecule has 1 aromatic heterocycles. The van der Waals surface area contributed by atoms with Crippen LogP contribution in [0.1, 0.15) is 67.3 Å². The van der Waals surface area contributed by atoms with Gasteiger partial charge >= 0.3 is 0 Å². The Hall–Kier alpha value is -0.450. The lowest BCUT2D eigenvalue weighted by atomic mass is 9.98. The van der Waals surface area contributed by atoms with Crippen LogP contribution < -0.4 is 5.32 Å². The smallest absolute Gasteiger partial charge is 0.122 e. The van der Waals surface area contributed by atoms with E-state index in [9.17, 15) is 0 Å². The molecule has 0 aliphatic heterocycles. The highest BCUT2D eigenvalue weighted by atomic mass is 32.1. The highest BCUT2D eigenvalue weighted by Gasteiger charge is 2.25. The molecule has 4 heteroatoms. The first-order chi connectivity index (χ1) is 8.80. The third-order valence-corrected chi connectivity index (χ3v) is 4.81. The molecule has 2 unspecified atom stereocenters. The second-order valence-corrected chi connectivity index (χ2v) is 5.89. The van der Waals surface area contributed by atoms with E-state index in [2.05, 4.69) is 19.2 Å². The molecule has 0 saturated carbocycles. The molecular weight excluding hydrogens is 244 g/mol. The minimum absolute atomic E-state index is 0.202. The maximum Gasteiger partial charge on any atom is 0.122 e. The molecule has 1 aliphatic rings. The largest absolute Gasteiger partial charge is 0.371 e. The first-order valence-corrected chi connectivity index (χ1v) is 7.90. The Morgan fingerprint density at radius 2 is 2.33 bits per heavy atom. The second-order valence-electron chi connectivity index (χ2n) is 4.83. The molecule has 1 aromatic rings. The van der Waals surface area contributed by atoms with Crippen LogP contribution in [0.25, 0.3) is 0 Å². The van der Waals surface area contributed by atoms with Crippen molar-refractivity contribution in [2.24, 2.45) is 0 Å². The van der Waals surface area contributed by atoms with E-state index in [-0.39, 0.29) is 6.10 Å². The van der Waals surface area contributed by atoms with Crippen molar-refractivity contribution < 1.29 is 4.74 Å². The zero-order valence-electron chi connectivity index (χ0n) is 11.7. The van der Waals surface area contributed by atoms with Crippen LogP contribution in [0.15, 0.2) is 0 Å². The number of aromatic nitrogens is 1. The fraction of sp³-hybridized carbons (Fsp3) is 0.786. The second kappa shape index (κ2) is 6.64. The van der Waals surface area contributed by atoms with Gasteiger partial charge in [0.15, 0.2) is 0 Å². The quantitative estimate of drug-likeness (QED) is 0.855. The van der Waals surface area contributed by atoms with E-state index in [1.165, 1.54) is 28.4 Å². The molecular formula is C14H24N2OS. The summed E-state index contributed by atoms with van der Waals surface area (Å²) in [7, 11) is 2.05. The molecule has 102 valence electrons. The minimum atomic E-state index is 0.202. The number of thiazole rings is 1. The van der Waals surface area contributed by atoms with Crippen molar-refractivity contribution in [1.82, 2.24) is 10.3 Å². The average Bonchev–Trinajstić information content (AvgIpc) is 2.82. The standard InChI is InChI=1S/C14H24N2OS/c1-4-7-12(17-5-2)14-16-11-9-6-8-10(15-3)13(11)18-14/h10,12,15H,4-9H2,1-3H3. The van der Waals surface area contributed by atoms with Gasteiger partial charge in [-0.3, -0.25) is 0 Å². The molecule has 1 N–H and O–H groups in total. The Kier molecular flexibility index (Phi) is 5.15. The molecule has 18 heavy (non-hydrogen) atoms. The maximum absolute atomic E-state index is 5.84. The van der Waals surface area contributed by atoms with Gasteiger partial charge in [0, 0.05) is 17.5 Å². The van der Waals surface area contributed by atoms with E-state index in [1.54, 1.807) is 0 Å². The van der Waals surface area contributed by atoms with Gasteiger partial charge in [0.05, 0.1) is 5.69 Å². The highest BCUT2D eigenvalue weighted by Crippen LogP contribution is 2.37. The number of aryl methyl sites for hydroxylation is 1. The molecule has 0 spiro atoms. The van der Waals surface area contributed by atoms with Gasteiger partial charge in [-0.05, 0) is 39.7 Å². The van der Waals surface area contributed by atoms with Crippen molar-refractivity contribution in [2.75, 3.05) is 13.7 Å². The first kappa shape index (κ1) is 14.0.